The number of aromatic nitrogens is 3. The van der Waals surface area contributed by atoms with Gasteiger partial charge in [-0.15, -0.1) is 11.3 Å². The second-order valence-corrected chi connectivity index (χ2v) is 5.93. The van der Waals surface area contributed by atoms with Crippen LogP contribution >= 0.6 is 22.9 Å². The largest absolute Gasteiger partial charge is 0.354 e. The predicted molar refractivity (Wildman–Crippen MR) is 83.8 cm³/mol. The maximum Gasteiger partial charge on any atom is 0.230 e. The highest BCUT2D eigenvalue weighted by atomic mass is 35.5. The number of rotatable bonds is 4. The van der Waals surface area contributed by atoms with Crippen molar-refractivity contribution in [2.75, 3.05) is 29.9 Å². The first-order valence-corrected chi connectivity index (χ1v) is 8.02. The van der Waals surface area contributed by atoms with E-state index in [4.69, 9.17) is 11.6 Å². The molecule has 1 aliphatic heterocycles. The van der Waals surface area contributed by atoms with E-state index in [1.807, 2.05) is 18.4 Å². The van der Waals surface area contributed by atoms with E-state index in [0.29, 0.717) is 16.8 Å². The van der Waals surface area contributed by atoms with Gasteiger partial charge in [0.15, 0.2) is 5.82 Å². The molecule has 0 spiro atoms. The van der Waals surface area contributed by atoms with Crippen molar-refractivity contribution in [1.29, 1.82) is 0 Å². The summed E-state index contributed by atoms with van der Waals surface area (Å²) in [6.45, 7) is 4.82. The normalized spacial score (nSPS) is 14.8. The fourth-order valence-corrected chi connectivity index (χ4v) is 3.29. The van der Waals surface area contributed by atoms with Gasteiger partial charge in [0.1, 0.15) is 0 Å². The molecule has 0 aromatic carbocycles. The Kier molecular flexibility index (Phi) is 4.03. The van der Waals surface area contributed by atoms with Gasteiger partial charge in [-0.1, -0.05) is 11.6 Å². The zero-order chi connectivity index (χ0) is 13.9. The Morgan fingerprint density at radius 3 is 2.75 bits per heavy atom. The molecule has 0 unspecified atom stereocenters. The molecule has 0 saturated carbocycles. The highest BCUT2D eigenvalue weighted by molar-refractivity contribution is 7.14. The van der Waals surface area contributed by atoms with Gasteiger partial charge in [-0.25, -0.2) is 0 Å². The lowest BCUT2D eigenvalue weighted by molar-refractivity contribution is 0.882. The van der Waals surface area contributed by atoms with Crippen LogP contribution in [0, 0.1) is 0 Å². The van der Waals surface area contributed by atoms with Crippen molar-refractivity contribution in [2.24, 2.45) is 0 Å². The molecule has 0 amide bonds. The van der Waals surface area contributed by atoms with Crippen LogP contribution in [0.2, 0.25) is 5.02 Å². The molecule has 20 heavy (non-hydrogen) atoms. The molecule has 0 bridgehead atoms. The van der Waals surface area contributed by atoms with Gasteiger partial charge in [0.2, 0.25) is 11.9 Å². The monoisotopic (exact) mass is 309 g/mol. The van der Waals surface area contributed by atoms with Crippen LogP contribution in [0.3, 0.4) is 0 Å². The molecule has 1 aliphatic rings. The first-order valence-electron chi connectivity index (χ1n) is 6.76. The molecule has 3 heterocycles. The van der Waals surface area contributed by atoms with Crippen LogP contribution in [-0.2, 0) is 0 Å². The Hall–Kier alpha value is -1.40. The smallest absolute Gasteiger partial charge is 0.230 e. The lowest BCUT2D eigenvalue weighted by atomic mass is 10.4. The number of nitrogens with one attached hydrogen (secondary N) is 1. The van der Waals surface area contributed by atoms with Gasteiger partial charge in [0, 0.05) is 19.6 Å². The van der Waals surface area contributed by atoms with Gasteiger partial charge >= 0.3 is 0 Å². The summed E-state index contributed by atoms with van der Waals surface area (Å²) >= 11 is 7.74. The molecule has 0 aliphatic carbocycles. The van der Waals surface area contributed by atoms with Gasteiger partial charge < -0.3 is 10.2 Å². The molecule has 106 valence electrons. The van der Waals surface area contributed by atoms with E-state index in [1.165, 1.54) is 12.8 Å². The third-order valence-electron chi connectivity index (χ3n) is 3.17. The van der Waals surface area contributed by atoms with E-state index in [9.17, 15) is 0 Å². The average molecular weight is 310 g/mol. The molecule has 2 aromatic heterocycles. The zero-order valence-corrected chi connectivity index (χ0v) is 12.8. The zero-order valence-electron chi connectivity index (χ0n) is 11.3. The van der Waals surface area contributed by atoms with Crippen molar-refractivity contribution < 1.29 is 0 Å². The Morgan fingerprint density at radius 1 is 1.30 bits per heavy atom. The molecule has 1 saturated heterocycles. The van der Waals surface area contributed by atoms with Crippen LogP contribution in [-0.4, -0.2) is 34.6 Å². The highest BCUT2D eigenvalue weighted by Gasteiger charge is 2.19. The van der Waals surface area contributed by atoms with Gasteiger partial charge in [-0.05, 0) is 31.2 Å². The van der Waals surface area contributed by atoms with Crippen molar-refractivity contribution in [1.82, 2.24) is 15.0 Å². The minimum atomic E-state index is 0.615. The SMILES string of the molecule is CCNc1nc(-c2sccc2Cl)nc(N2CCCC2)n1. The Bertz CT molecular complexity index is 594. The number of thiophene rings is 1. The molecule has 7 heteroatoms. The number of nitrogens with zero attached hydrogens (tertiary/aromatic N) is 4. The van der Waals surface area contributed by atoms with E-state index in [2.05, 4.69) is 25.2 Å². The van der Waals surface area contributed by atoms with E-state index < -0.39 is 0 Å². The Labute approximate surface area is 127 Å². The summed E-state index contributed by atoms with van der Waals surface area (Å²) in [5.74, 6) is 2.01. The van der Waals surface area contributed by atoms with Crippen molar-refractivity contribution in [2.45, 2.75) is 19.8 Å². The number of hydrogen-bond donors (Lipinski definition) is 1. The fourth-order valence-electron chi connectivity index (χ4n) is 2.22. The van der Waals surface area contributed by atoms with Gasteiger partial charge in [0.05, 0.1) is 9.90 Å². The maximum absolute atomic E-state index is 6.19. The molecular weight excluding hydrogens is 294 g/mol. The van der Waals surface area contributed by atoms with Crippen LogP contribution in [0.25, 0.3) is 10.7 Å². The summed E-state index contributed by atoms with van der Waals surface area (Å²) in [4.78, 5) is 16.7. The van der Waals surface area contributed by atoms with Gasteiger partial charge in [-0.2, -0.15) is 15.0 Å². The second kappa shape index (κ2) is 5.93. The van der Waals surface area contributed by atoms with E-state index in [0.717, 1.165) is 30.5 Å². The first-order chi connectivity index (χ1) is 9.78. The summed E-state index contributed by atoms with van der Waals surface area (Å²) in [7, 11) is 0. The minimum absolute atomic E-state index is 0.615. The van der Waals surface area contributed by atoms with Crippen LogP contribution < -0.4 is 10.2 Å². The molecule has 5 nitrogen and oxygen atoms in total. The number of hydrogen-bond acceptors (Lipinski definition) is 6. The van der Waals surface area contributed by atoms with Gasteiger partial charge in [0.25, 0.3) is 0 Å². The predicted octanol–water partition coefficient (Wildman–Crippen LogP) is 3.29. The van der Waals surface area contributed by atoms with E-state index in [-0.39, 0.29) is 0 Å². The Balaban J connectivity index is 2.02. The van der Waals surface area contributed by atoms with Crippen LogP contribution in [0.5, 0.6) is 0 Å². The van der Waals surface area contributed by atoms with Crippen molar-refractivity contribution in [3.8, 4) is 10.7 Å². The minimum Gasteiger partial charge on any atom is -0.354 e. The molecule has 1 N–H and O–H groups in total. The second-order valence-electron chi connectivity index (χ2n) is 4.60. The molecule has 2 aromatic rings. The van der Waals surface area contributed by atoms with Crippen LogP contribution in [0.4, 0.5) is 11.9 Å². The van der Waals surface area contributed by atoms with E-state index >= 15 is 0 Å². The lowest BCUT2D eigenvalue weighted by Crippen LogP contribution is -2.21. The molecule has 1 fully saturated rings. The molecule has 3 rings (SSSR count). The van der Waals surface area contributed by atoms with Gasteiger partial charge in [-0.3, -0.25) is 0 Å². The number of halogens is 1. The van der Waals surface area contributed by atoms with Crippen molar-refractivity contribution >= 4 is 34.8 Å². The average Bonchev–Trinajstić information content (AvgIpc) is 3.09. The summed E-state index contributed by atoms with van der Waals surface area (Å²) in [6.07, 6.45) is 2.38. The standard InChI is InChI=1S/C13H16ClN5S/c1-2-15-12-16-11(10-9(14)5-8-20-10)17-13(18-12)19-6-3-4-7-19/h5,8H,2-4,6-7H2,1H3,(H,15,16,17,18). The third-order valence-corrected chi connectivity index (χ3v) is 4.51. The van der Waals surface area contributed by atoms with Crippen LogP contribution in [0.1, 0.15) is 19.8 Å². The van der Waals surface area contributed by atoms with Crippen LogP contribution in [0.15, 0.2) is 11.4 Å². The summed E-state index contributed by atoms with van der Waals surface area (Å²) < 4.78 is 0. The number of anilines is 2. The third kappa shape index (κ3) is 2.71. The fraction of sp³-hybridized carbons (Fsp3) is 0.462. The molecule has 0 atom stereocenters. The Morgan fingerprint density at radius 2 is 2.10 bits per heavy atom. The first kappa shape index (κ1) is 13.6. The maximum atomic E-state index is 6.19. The summed E-state index contributed by atoms with van der Waals surface area (Å²) in [6, 6.07) is 1.87. The van der Waals surface area contributed by atoms with Crippen molar-refractivity contribution in [3.63, 3.8) is 0 Å². The topological polar surface area (TPSA) is 53.9 Å². The molecule has 0 radical (unpaired) electrons. The van der Waals surface area contributed by atoms with E-state index in [1.54, 1.807) is 11.3 Å². The summed E-state index contributed by atoms with van der Waals surface area (Å²) in [5.41, 5.74) is 0. The highest BCUT2D eigenvalue weighted by Crippen LogP contribution is 2.32. The lowest BCUT2D eigenvalue weighted by Gasteiger charge is -2.16. The summed E-state index contributed by atoms with van der Waals surface area (Å²) in [5, 5.41) is 5.80. The van der Waals surface area contributed by atoms with Crippen molar-refractivity contribution in [3.05, 3.63) is 16.5 Å². The molecular formula is C13H16ClN5S. The quantitative estimate of drug-likeness (QED) is 0.939.